The van der Waals surface area contributed by atoms with Gasteiger partial charge in [-0.3, -0.25) is 4.79 Å². The molecule has 0 radical (unpaired) electrons. The maximum absolute atomic E-state index is 12.2. The number of nitrogens with one attached hydrogen (secondary N) is 1. The Balaban J connectivity index is 2.08. The fraction of sp³-hybridized carbons (Fsp3) is 0.357. The molecule has 106 valence electrons. The van der Waals surface area contributed by atoms with Crippen molar-refractivity contribution in [1.29, 1.82) is 0 Å². The quantitative estimate of drug-likeness (QED) is 0.856. The molecule has 0 aliphatic heterocycles. The molecule has 1 amide bonds. The van der Waals surface area contributed by atoms with E-state index in [0.29, 0.717) is 11.3 Å². The molecule has 0 aliphatic carbocycles. The van der Waals surface area contributed by atoms with Crippen LogP contribution in [0.3, 0.4) is 0 Å². The van der Waals surface area contributed by atoms with Crippen LogP contribution in [0.1, 0.15) is 34.3 Å². The van der Waals surface area contributed by atoms with Crippen LogP contribution in [0.2, 0.25) is 0 Å². The Morgan fingerprint density at radius 3 is 3.05 bits per heavy atom. The molecule has 0 saturated heterocycles. The fourth-order valence-electron chi connectivity index (χ4n) is 1.89. The largest absolute Gasteiger partial charge is 0.396 e. The number of carbonyl (C=O) groups is 1. The molecule has 5 nitrogen and oxygen atoms in total. The van der Waals surface area contributed by atoms with Crippen molar-refractivity contribution >= 4 is 23.1 Å². The average Bonchev–Trinajstić information content (AvgIpc) is 2.94. The highest BCUT2D eigenvalue weighted by Gasteiger charge is 2.15. The van der Waals surface area contributed by atoms with E-state index in [2.05, 4.69) is 14.9 Å². The molecule has 2 rings (SSSR count). The summed E-state index contributed by atoms with van der Waals surface area (Å²) in [5.41, 5.74) is 2.57. The van der Waals surface area contributed by atoms with Crippen LogP contribution >= 0.6 is 11.5 Å². The average molecular weight is 291 g/mol. The number of hydrogen-bond donors (Lipinski definition) is 2. The van der Waals surface area contributed by atoms with Gasteiger partial charge in [-0.25, -0.2) is 0 Å². The van der Waals surface area contributed by atoms with E-state index in [1.165, 1.54) is 0 Å². The van der Waals surface area contributed by atoms with Crippen LogP contribution in [0.25, 0.3) is 0 Å². The second-order valence-electron chi connectivity index (χ2n) is 4.38. The van der Waals surface area contributed by atoms with Crippen molar-refractivity contribution in [2.75, 3.05) is 11.9 Å². The van der Waals surface area contributed by atoms with Gasteiger partial charge < -0.3 is 10.4 Å². The number of rotatable bonds is 6. The van der Waals surface area contributed by atoms with Gasteiger partial charge in [-0.05, 0) is 48.5 Å². The first-order valence-corrected chi connectivity index (χ1v) is 7.34. The number of aryl methyl sites for hydroxylation is 2. The number of hydrogen-bond acceptors (Lipinski definition) is 5. The van der Waals surface area contributed by atoms with Crippen LogP contribution in [0.15, 0.2) is 24.3 Å². The van der Waals surface area contributed by atoms with E-state index in [4.69, 9.17) is 5.11 Å². The zero-order valence-corrected chi connectivity index (χ0v) is 12.1. The van der Waals surface area contributed by atoms with E-state index in [1.807, 2.05) is 31.2 Å². The zero-order chi connectivity index (χ0) is 14.4. The molecule has 0 unspecified atom stereocenters. The highest BCUT2D eigenvalue weighted by atomic mass is 32.1. The van der Waals surface area contributed by atoms with Gasteiger partial charge in [-0.15, -0.1) is 5.10 Å². The number of benzene rings is 1. The van der Waals surface area contributed by atoms with E-state index >= 15 is 0 Å². The zero-order valence-electron chi connectivity index (χ0n) is 11.3. The Morgan fingerprint density at radius 2 is 2.30 bits per heavy atom. The van der Waals surface area contributed by atoms with E-state index < -0.39 is 0 Å². The van der Waals surface area contributed by atoms with Crippen molar-refractivity contribution < 1.29 is 9.90 Å². The van der Waals surface area contributed by atoms with Crippen molar-refractivity contribution in [2.45, 2.75) is 26.2 Å². The van der Waals surface area contributed by atoms with Gasteiger partial charge in [-0.2, -0.15) is 0 Å². The summed E-state index contributed by atoms with van der Waals surface area (Å²) in [6, 6.07) is 7.65. The van der Waals surface area contributed by atoms with Crippen LogP contribution < -0.4 is 5.32 Å². The molecule has 1 aromatic heterocycles. The predicted octanol–water partition coefficient (Wildman–Crippen LogP) is 2.28. The molecule has 0 aliphatic rings. The lowest BCUT2D eigenvalue weighted by atomic mass is 10.1. The molecular weight excluding hydrogens is 274 g/mol. The Labute approximate surface area is 121 Å². The lowest BCUT2D eigenvalue weighted by Crippen LogP contribution is -2.12. The first-order valence-electron chi connectivity index (χ1n) is 6.57. The molecule has 0 atom stereocenters. The minimum absolute atomic E-state index is 0.170. The lowest BCUT2D eigenvalue weighted by molar-refractivity contribution is 0.102. The van der Waals surface area contributed by atoms with Gasteiger partial charge in [-0.1, -0.05) is 23.5 Å². The lowest BCUT2D eigenvalue weighted by Gasteiger charge is -2.06. The molecule has 0 saturated carbocycles. The molecule has 0 spiro atoms. The standard InChI is InChI=1S/C14H17N3O2S/c1-2-12-13(20-17-16-12)14(19)15-11-7-3-5-10(9-11)6-4-8-18/h3,5,7,9,18H,2,4,6,8H2,1H3,(H,15,19). The summed E-state index contributed by atoms with van der Waals surface area (Å²) >= 11 is 1.11. The first kappa shape index (κ1) is 14.6. The van der Waals surface area contributed by atoms with Crippen molar-refractivity contribution in [2.24, 2.45) is 0 Å². The monoisotopic (exact) mass is 291 g/mol. The predicted molar refractivity (Wildman–Crippen MR) is 79.1 cm³/mol. The minimum Gasteiger partial charge on any atom is -0.396 e. The van der Waals surface area contributed by atoms with E-state index in [-0.39, 0.29) is 12.5 Å². The number of amides is 1. The Bertz CT molecular complexity index is 583. The van der Waals surface area contributed by atoms with Crippen molar-refractivity contribution in [3.05, 3.63) is 40.4 Å². The van der Waals surface area contributed by atoms with Crippen molar-refractivity contribution in [1.82, 2.24) is 9.59 Å². The normalized spacial score (nSPS) is 10.5. The maximum Gasteiger partial charge on any atom is 0.269 e. The molecule has 0 fully saturated rings. The smallest absolute Gasteiger partial charge is 0.269 e. The van der Waals surface area contributed by atoms with Crippen LogP contribution in [-0.4, -0.2) is 27.2 Å². The topological polar surface area (TPSA) is 75.1 Å². The van der Waals surface area contributed by atoms with Gasteiger partial charge in [0.25, 0.3) is 5.91 Å². The summed E-state index contributed by atoms with van der Waals surface area (Å²) in [4.78, 5) is 12.7. The van der Waals surface area contributed by atoms with Crippen LogP contribution in [0.5, 0.6) is 0 Å². The number of anilines is 1. The van der Waals surface area contributed by atoms with Gasteiger partial charge in [0.15, 0.2) is 0 Å². The summed E-state index contributed by atoms with van der Waals surface area (Å²) in [6.45, 7) is 2.12. The van der Waals surface area contributed by atoms with Crippen LogP contribution in [0.4, 0.5) is 5.69 Å². The second-order valence-corrected chi connectivity index (χ2v) is 5.14. The third-order valence-electron chi connectivity index (χ3n) is 2.91. The molecule has 20 heavy (non-hydrogen) atoms. The highest BCUT2D eigenvalue weighted by Crippen LogP contribution is 2.16. The number of nitrogens with zero attached hydrogens (tertiary/aromatic N) is 2. The molecule has 1 aromatic carbocycles. The molecule has 0 bridgehead atoms. The Kier molecular flexibility index (Phi) is 5.20. The van der Waals surface area contributed by atoms with Crippen LogP contribution in [0, 0.1) is 0 Å². The van der Waals surface area contributed by atoms with Crippen molar-refractivity contribution in [3.63, 3.8) is 0 Å². The third-order valence-corrected chi connectivity index (χ3v) is 3.67. The number of aliphatic hydroxyl groups is 1. The SMILES string of the molecule is CCc1nnsc1C(=O)Nc1cccc(CCCO)c1. The maximum atomic E-state index is 12.2. The van der Waals surface area contributed by atoms with Gasteiger partial charge in [0, 0.05) is 12.3 Å². The third kappa shape index (κ3) is 3.61. The summed E-state index contributed by atoms with van der Waals surface area (Å²) in [6.07, 6.45) is 2.20. The van der Waals surface area contributed by atoms with Crippen LogP contribution in [-0.2, 0) is 12.8 Å². The molecule has 6 heteroatoms. The molecule has 1 heterocycles. The number of aliphatic hydroxyl groups excluding tert-OH is 1. The second kappa shape index (κ2) is 7.12. The molecule has 2 N–H and O–H groups in total. The fourth-order valence-corrected chi connectivity index (χ4v) is 2.53. The summed E-state index contributed by atoms with van der Waals surface area (Å²) < 4.78 is 3.82. The van der Waals surface area contributed by atoms with E-state index in [0.717, 1.165) is 41.3 Å². The number of aromatic nitrogens is 2. The summed E-state index contributed by atoms with van der Waals surface area (Å²) in [5, 5.41) is 15.6. The van der Waals surface area contributed by atoms with Gasteiger partial charge in [0.1, 0.15) is 4.88 Å². The van der Waals surface area contributed by atoms with Gasteiger partial charge in [0.2, 0.25) is 0 Å². The summed E-state index contributed by atoms with van der Waals surface area (Å²) in [5.74, 6) is -0.170. The first-order chi connectivity index (χ1) is 9.74. The summed E-state index contributed by atoms with van der Waals surface area (Å²) in [7, 11) is 0. The van der Waals surface area contributed by atoms with E-state index in [9.17, 15) is 4.79 Å². The van der Waals surface area contributed by atoms with E-state index in [1.54, 1.807) is 0 Å². The Hall–Kier alpha value is -1.79. The van der Waals surface area contributed by atoms with Gasteiger partial charge in [0.05, 0.1) is 5.69 Å². The minimum atomic E-state index is -0.170. The molecule has 2 aromatic rings. The van der Waals surface area contributed by atoms with Gasteiger partial charge >= 0.3 is 0 Å². The van der Waals surface area contributed by atoms with Crippen molar-refractivity contribution in [3.8, 4) is 0 Å². The number of carbonyl (C=O) groups excluding carboxylic acids is 1. The molecular formula is C14H17N3O2S. The highest BCUT2D eigenvalue weighted by molar-refractivity contribution is 7.08. The Morgan fingerprint density at radius 1 is 1.45 bits per heavy atom.